The molecular weight excluding hydrogens is 464 g/mol. The van der Waals surface area contributed by atoms with Gasteiger partial charge in [0.1, 0.15) is 11.5 Å². The Morgan fingerprint density at radius 1 is 1.09 bits per heavy atom. The first-order chi connectivity index (χ1) is 15.9. The van der Waals surface area contributed by atoms with Gasteiger partial charge in [0.25, 0.3) is 0 Å². The number of sulfone groups is 1. The number of methoxy groups -OCH3 is 2. The molecule has 3 rings (SSSR count). The molecule has 0 aliphatic heterocycles. The summed E-state index contributed by atoms with van der Waals surface area (Å²) in [5.74, 6) is 0.852. The Kier molecular flexibility index (Phi) is 8.65. The Labute approximate surface area is 197 Å². The van der Waals surface area contributed by atoms with Crippen LogP contribution in [0.3, 0.4) is 0 Å². The quantitative estimate of drug-likeness (QED) is 0.407. The van der Waals surface area contributed by atoms with Gasteiger partial charge in [0, 0.05) is 20.1 Å². The molecule has 0 fully saturated rings. The minimum Gasteiger partial charge on any atom is -0.497 e. The minimum atomic E-state index is -3.49. The van der Waals surface area contributed by atoms with E-state index in [-0.39, 0.29) is 29.4 Å². The molecule has 3 aromatic rings. The Morgan fingerprint density at radius 3 is 2.48 bits per heavy atom. The maximum Gasteiger partial charge on any atom is 0.248 e. The van der Waals surface area contributed by atoms with Gasteiger partial charge in [-0.05, 0) is 55.8 Å². The Morgan fingerprint density at radius 2 is 1.82 bits per heavy atom. The van der Waals surface area contributed by atoms with Gasteiger partial charge in [-0.2, -0.15) is 4.99 Å². The van der Waals surface area contributed by atoms with Gasteiger partial charge in [0.05, 0.1) is 41.2 Å². The summed E-state index contributed by atoms with van der Waals surface area (Å²) in [5, 5.41) is 0. The van der Waals surface area contributed by atoms with Crippen molar-refractivity contribution in [3.05, 3.63) is 47.3 Å². The zero-order chi connectivity index (χ0) is 23.8. The number of amides is 1. The number of carbonyl (C=O) groups excluding carboxylic acids is 1. The highest BCUT2D eigenvalue weighted by molar-refractivity contribution is 7.91. The largest absolute Gasteiger partial charge is 0.497 e. The fraction of sp³-hybridized carbons (Fsp3) is 0.391. The molecule has 0 aliphatic carbocycles. The van der Waals surface area contributed by atoms with Gasteiger partial charge in [-0.3, -0.25) is 4.79 Å². The lowest BCUT2D eigenvalue weighted by molar-refractivity contribution is -0.118. The molecule has 1 amide bonds. The highest BCUT2D eigenvalue weighted by atomic mass is 32.2. The number of thiazole rings is 1. The van der Waals surface area contributed by atoms with E-state index in [1.807, 2.05) is 29.7 Å². The van der Waals surface area contributed by atoms with Crippen LogP contribution >= 0.6 is 11.3 Å². The van der Waals surface area contributed by atoms with E-state index < -0.39 is 9.84 Å². The molecule has 178 valence electrons. The van der Waals surface area contributed by atoms with E-state index in [2.05, 4.69) is 4.99 Å². The van der Waals surface area contributed by atoms with Crippen molar-refractivity contribution in [1.29, 1.82) is 0 Å². The number of hydrogen-bond acceptors (Lipinski definition) is 7. The van der Waals surface area contributed by atoms with Crippen LogP contribution in [0, 0.1) is 0 Å². The molecule has 0 saturated heterocycles. The Balaban J connectivity index is 1.74. The monoisotopic (exact) mass is 492 g/mol. The molecule has 33 heavy (non-hydrogen) atoms. The van der Waals surface area contributed by atoms with Crippen molar-refractivity contribution < 1.29 is 27.4 Å². The molecule has 0 atom stereocenters. The normalized spacial score (nSPS) is 12.3. The van der Waals surface area contributed by atoms with Crippen LogP contribution < -0.4 is 14.3 Å². The van der Waals surface area contributed by atoms with E-state index in [1.54, 1.807) is 19.2 Å². The van der Waals surface area contributed by atoms with E-state index in [4.69, 9.17) is 14.2 Å². The second kappa shape index (κ2) is 11.4. The summed E-state index contributed by atoms with van der Waals surface area (Å²) in [7, 11) is -0.349. The van der Waals surface area contributed by atoms with Crippen LogP contribution in [-0.4, -0.2) is 52.1 Å². The van der Waals surface area contributed by atoms with Crippen LogP contribution in [-0.2, 0) is 25.9 Å². The summed E-state index contributed by atoms with van der Waals surface area (Å²) < 4.78 is 43.8. The molecular formula is C23H28N2O6S2. The first-order valence-electron chi connectivity index (χ1n) is 10.6. The average Bonchev–Trinajstić information content (AvgIpc) is 3.13. The highest BCUT2D eigenvalue weighted by Crippen LogP contribution is 2.23. The predicted octanol–water partition coefficient (Wildman–Crippen LogP) is 3.44. The van der Waals surface area contributed by atoms with Gasteiger partial charge < -0.3 is 18.8 Å². The first kappa shape index (κ1) is 24.9. The number of nitrogens with zero attached hydrogens (tertiary/aromatic N) is 2. The lowest BCUT2D eigenvalue weighted by Crippen LogP contribution is -2.19. The van der Waals surface area contributed by atoms with Gasteiger partial charge in [0.2, 0.25) is 5.91 Å². The van der Waals surface area contributed by atoms with Crippen LogP contribution in [0.4, 0.5) is 0 Å². The van der Waals surface area contributed by atoms with E-state index in [1.165, 1.54) is 30.6 Å². The second-order valence-corrected chi connectivity index (χ2v) is 10.3. The van der Waals surface area contributed by atoms with Gasteiger partial charge in [-0.1, -0.05) is 11.3 Å². The number of hydrogen-bond donors (Lipinski definition) is 0. The predicted molar refractivity (Wildman–Crippen MR) is 128 cm³/mol. The van der Waals surface area contributed by atoms with E-state index in [0.717, 1.165) is 16.0 Å². The van der Waals surface area contributed by atoms with Crippen molar-refractivity contribution in [1.82, 2.24) is 4.57 Å². The number of fused-ring (bicyclic) bond motifs is 1. The molecule has 0 bridgehead atoms. The van der Waals surface area contributed by atoms with Crippen molar-refractivity contribution >= 4 is 37.3 Å². The topological polar surface area (TPSA) is 96.2 Å². The van der Waals surface area contributed by atoms with Gasteiger partial charge in [-0.25, -0.2) is 8.42 Å². The lowest BCUT2D eigenvalue weighted by Gasteiger charge is -2.06. The minimum absolute atomic E-state index is 0.0398. The molecule has 0 spiro atoms. The zero-order valence-corrected chi connectivity index (χ0v) is 20.6. The molecule has 1 heterocycles. The van der Waals surface area contributed by atoms with Gasteiger partial charge >= 0.3 is 0 Å². The van der Waals surface area contributed by atoms with Crippen LogP contribution in [0.25, 0.3) is 10.2 Å². The summed E-state index contributed by atoms with van der Waals surface area (Å²) >= 11 is 1.39. The van der Waals surface area contributed by atoms with Crippen LogP contribution in [0.1, 0.15) is 19.8 Å². The van der Waals surface area contributed by atoms with E-state index >= 15 is 0 Å². The standard InChI is InChI=1S/C23H28N2O6S2/c1-4-31-18-9-12-20-21(16-18)32-23(25(20)13-14-29-2)24-22(26)6-5-15-33(27,28)19-10-7-17(30-3)8-11-19/h7-12,16H,4-6,13-15H2,1-3H3. The van der Waals surface area contributed by atoms with Crippen molar-refractivity contribution in [3.8, 4) is 11.5 Å². The van der Waals surface area contributed by atoms with Crippen LogP contribution in [0.5, 0.6) is 11.5 Å². The zero-order valence-electron chi connectivity index (χ0n) is 18.9. The van der Waals surface area contributed by atoms with Crippen molar-refractivity contribution in [3.63, 3.8) is 0 Å². The number of benzene rings is 2. The highest BCUT2D eigenvalue weighted by Gasteiger charge is 2.15. The SMILES string of the molecule is CCOc1ccc2c(c1)sc(=NC(=O)CCCS(=O)(=O)c1ccc(OC)cc1)n2CCOC. The fourth-order valence-corrected chi connectivity index (χ4v) is 5.68. The third-order valence-electron chi connectivity index (χ3n) is 4.93. The van der Waals surface area contributed by atoms with E-state index in [9.17, 15) is 13.2 Å². The van der Waals surface area contributed by atoms with Gasteiger partial charge in [-0.15, -0.1) is 0 Å². The lowest BCUT2D eigenvalue weighted by atomic mass is 10.3. The molecule has 2 aromatic carbocycles. The summed E-state index contributed by atoms with van der Waals surface area (Å²) in [5.41, 5.74) is 0.939. The molecule has 0 aliphatic rings. The smallest absolute Gasteiger partial charge is 0.248 e. The molecule has 0 N–H and O–H groups in total. The summed E-state index contributed by atoms with van der Waals surface area (Å²) in [6, 6.07) is 12.0. The van der Waals surface area contributed by atoms with Crippen LogP contribution in [0.15, 0.2) is 52.4 Å². The second-order valence-electron chi connectivity index (χ2n) is 7.20. The maximum atomic E-state index is 12.5. The van der Waals surface area contributed by atoms with E-state index in [0.29, 0.717) is 30.3 Å². The van der Waals surface area contributed by atoms with Crippen molar-refractivity contribution in [2.24, 2.45) is 4.99 Å². The number of aromatic nitrogens is 1. The molecule has 0 unspecified atom stereocenters. The average molecular weight is 493 g/mol. The maximum absolute atomic E-state index is 12.5. The van der Waals surface area contributed by atoms with Crippen LogP contribution in [0.2, 0.25) is 0 Å². The first-order valence-corrected chi connectivity index (χ1v) is 13.0. The summed E-state index contributed by atoms with van der Waals surface area (Å²) in [4.78, 5) is 17.6. The molecule has 1 aromatic heterocycles. The van der Waals surface area contributed by atoms with Crippen molar-refractivity contribution in [2.75, 3.05) is 33.2 Å². The Hall–Kier alpha value is -2.69. The summed E-state index contributed by atoms with van der Waals surface area (Å²) in [6.45, 7) is 3.50. The summed E-state index contributed by atoms with van der Waals surface area (Å²) in [6.07, 6.45) is 0.228. The number of carbonyl (C=O) groups is 1. The third kappa shape index (κ3) is 6.43. The van der Waals surface area contributed by atoms with Gasteiger partial charge in [0.15, 0.2) is 14.6 Å². The number of rotatable bonds is 11. The molecule has 0 saturated carbocycles. The molecule has 10 heteroatoms. The molecule has 8 nitrogen and oxygen atoms in total. The fourth-order valence-electron chi connectivity index (χ4n) is 3.27. The Bertz CT molecular complexity index is 1260. The number of ether oxygens (including phenoxy) is 3. The third-order valence-corrected chi connectivity index (χ3v) is 7.78. The molecule has 0 radical (unpaired) electrons. The van der Waals surface area contributed by atoms with Crippen molar-refractivity contribution in [2.45, 2.75) is 31.2 Å².